The fourth-order valence-corrected chi connectivity index (χ4v) is 4.69. The summed E-state index contributed by atoms with van der Waals surface area (Å²) in [6.07, 6.45) is 6.96. The quantitative estimate of drug-likeness (QED) is 0.538. The van der Waals surface area contributed by atoms with Crippen molar-refractivity contribution in [1.82, 2.24) is 4.98 Å². The number of thiazole rings is 1. The monoisotopic (exact) mass is 438 g/mol. The molecule has 0 spiro atoms. The fraction of sp³-hybridized carbons (Fsp3) is 0.421. The molecule has 1 aromatic carbocycles. The first kappa shape index (κ1) is 21.3. The molecule has 0 saturated heterocycles. The van der Waals surface area contributed by atoms with E-state index in [1.54, 1.807) is 12.1 Å². The fourth-order valence-electron chi connectivity index (χ4n) is 3.06. The molecule has 10 heteroatoms. The number of nitrogens with zero attached hydrogens (tertiary/aromatic N) is 1. The topological polar surface area (TPSA) is 112 Å². The molecule has 2 aromatic rings. The summed E-state index contributed by atoms with van der Waals surface area (Å²) < 4.78 is 33.6. The van der Waals surface area contributed by atoms with E-state index in [0.29, 0.717) is 12.5 Å². The molecular formula is C19H22N2O6S2. The van der Waals surface area contributed by atoms with Crippen molar-refractivity contribution in [2.75, 3.05) is 18.2 Å². The molecular weight excluding hydrogens is 416 g/mol. The first-order valence-electron chi connectivity index (χ1n) is 9.24. The smallest absolute Gasteiger partial charge is 0.434 e. The summed E-state index contributed by atoms with van der Waals surface area (Å²) in [6.45, 7) is 0.306. The Kier molecular flexibility index (Phi) is 6.86. The van der Waals surface area contributed by atoms with Crippen molar-refractivity contribution in [2.45, 2.75) is 36.3 Å². The van der Waals surface area contributed by atoms with Crippen LogP contribution in [0, 0.1) is 5.92 Å². The molecule has 29 heavy (non-hydrogen) atoms. The zero-order valence-corrected chi connectivity index (χ0v) is 17.6. The molecule has 1 saturated carbocycles. The zero-order valence-electron chi connectivity index (χ0n) is 15.9. The van der Waals surface area contributed by atoms with E-state index in [2.05, 4.69) is 10.3 Å². The third-order valence-corrected chi connectivity index (χ3v) is 7.26. The summed E-state index contributed by atoms with van der Waals surface area (Å²) >= 11 is 0.843. The van der Waals surface area contributed by atoms with Crippen LogP contribution in [0.1, 0.15) is 42.5 Å². The predicted octanol–water partition coefficient (Wildman–Crippen LogP) is 3.89. The third-order valence-electron chi connectivity index (χ3n) is 4.56. The van der Waals surface area contributed by atoms with Crippen molar-refractivity contribution in [2.24, 2.45) is 5.92 Å². The number of ether oxygens (including phenoxy) is 2. The maximum Gasteiger partial charge on any atom is 0.513 e. The van der Waals surface area contributed by atoms with E-state index in [-0.39, 0.29) is 20.7 Å². The minimum atomic E-state index is -3.40. The second-order valence-corrected chi connectivity index (χ2v) is 10.1. The summed E-state index contributed by atoms with van der Waals surface area (Å²) in [7, 11) is -3.40. The lowest BCUT2D eigenvalue weighted by molar-refractivity contribution is 0.0763. The van der Waals surface area contributed by atoms with Crippen LogP contribution in [-0.2, 0) is 14.6 Å². The highest BCUT2D eigenvalue weighted by molar-refractivity contribution is 7.92. The van der Waals surface area contributed by atoms with Crippen LogP contribution in [-0.4, -0.2) is 38.3 Å². The second-order valence-electron chi connectivity index (χ2n) is 6.87. The SMILES string of the molecule is CS(=O)(=O)c1cnc(NC(=O)c2ccccc2OC(=O)OCC2CCCCC2)s1. The summed E-state index contributed by atoms with van der Waals surface area (Å²) in [5, 5.41) is 2.65. The average molecular weight is 439 g/mol. The molecule has 0 aliphatic heterocycles. The number of sulfone groups is 1. The molecule has 156 valence electrons. The van der Waals surface area contributed by atoms with Crippen LogP contribution in [0.25, 0.3) is 0 Å². The molecule has 0 bridgehead atoms. The highest BCUT2D eigenvalue weighted by atomic mass is 32.2. The number of carbonyl (C=O) groups excluding carboxylic acids is 2. The number of hydrogen-bond acceptors (Lipinski definition) is 8. The Labute approximate surface area is 173 Å². The van der Waals surface area contributed by atoms with E-state index in [9.17, 15) is 18.0 Å². The number of benzene rings is 1. The van der Waals surface area contributed by atoms with Gasteiger partial charge in [-0.3, -0.25) is 10.1 Å². The van der Waals surface area contributed by atoms with Gasteiger partial charge in [-0.15, -0.1) is 0 Å². The molecule has 1 aromatic heterocycles. The normalized spacial score (nSPS) is 14.9. The number of aromatic nitrogens is 1. The van der Waals surface area contributed by atoms with Gasteiger partial charge in [0.1, 0.15) is 9.96 Å². The molecule has 1 N–H and O–H groups in total. The molecule has 1 fully saturated rings. The van der Waals surface area contributed by atoms with Gasteiger partial charge in [0.15, 0.2) is 15.0 Å². The highest BCUT2D eigenvalue weighted by Crippen LogP contribution is 2.26. The van der Waals surface area contributed by atoms with Gasteiger partial charge in [-0.25, -0.2) is 18.2 Å². The molecule has 1 heterocycles. The van der Waals surface area contributed by atoms with Gasteiger partial charge in [0.05, 0.1) is 18.4 Å². The van der Waals surface area contributed by atoms with Crippen molar-refractivity contribution in [1.29, 1.82) is 0 Å². The maximum atomic E-state index is 12.6. The number of hydrogen-bond donors (Lipinski definition) is 1. The Balaban J connectivity index is 1.62. The number of nitrogens with one attached hydrogen (secondary N) is 1. The van der Waals surface area contributed by atoms with Crippen LogP contribution in [0.5, 0.6) is 5.75 Å². The second kappa shape index (κ2) is 9.36. The average Bonchev–Trinajstić information content (AvgIpc) is 3.16. The Bertz CT molecular complexity index is 980. The Hall–Kier alpha value is -2.46. The highest BCUT2D eigenvalue weighted by Gasteiger charge is 2.20. The standard InChI is InChI=1S/C19H22N2O6S2/c1-29(24,25)16-11-20-18(28-16)21-17(22)14-9-5-6-10-15(14)27-19(23)26-12-13-7-3-2-4-8-13/h5-6,9-11,13H,2-4,7-8,12H2,1H3,(H,20,21,22). The van der Waals surface area contributed by atoms with Crippen LogP contribution >= 0.6 is 11.3 Å². The minimum absolute atomic E-state index is 0.0450. The first-order chi connectivity index (χ1) is 13.8. The number of rotatable bonds is 6. The summed E-state index contributed by atoms with van der Waals surface area (Å²) in [4.78, 5) is 28.5. The Morgan fingerprint density at radius 3 is 2.62 bits per heavy atom. The minimum Gasteiger partial charge on any atom is -0.434 e. The van der Waals surface area contributed by atoms with Gasteiger partial charge in [0.25, 0.3) is 5.91 Å². The number of para-hydroxylation sites is 1. The summed E-state index contributed by atoms with van der Waals surface area (Å²) in [5.41, 5.74) is 0.109. The summed E-state index contributed by atoms with van der Waals surface area (Å²) in [5.74, 6) is -0.169. The molecule has 1 aliphatic carbocycles. The van der Waals surface area contributed by atoms with Crippen molar-refractivity contribution >= 4 is 38.4 Å². The molecule has 0 unspecified atom stereocenters. The van der Waals surface area contributed by atoms with Crippen LogP contribution in [0.3, 0.4) is 0 Å². The van der Waals surface area contributed by atoms with Gasteiger partial charge in [0.2, 0.25) is 0 Å². The lowest BCUT2D eigenvalue weighted by Gasteiger charge is -2.20. The van der Waals surface area contributed by atoms with Gasteiger partial charge in [-0.2, -0.15) is 0 Å². The largest absolute Gasteiger partial charge is 0.513 e. The van der Waals surface area contributed by atoms with E-state index in [1.807, 2.05) is 0 Å². The van der Waals surface area contributed by atoms with Gasteiger partial charge in [0, 0.05) is 6.26 Å². The molecule has 3 rings (SSSR count). The number of amides is 1. The van der Waals surface area contributed by atoms with Crippen LogP contribution in [0.4, 0.5) is 9.93 Å². The third kappa shape index (κ3) is 6.01. The molecule has 1 aliphatic rings. The van der Waals surface area contributed by atoms with E-state index in [1.165, 1.54) is 24.8 Å². The molecule has 0 radical (unpaired) electrons. The van der Waals surface area contributed by atoms with Gasteiger partial charge in [-0.05, 0) is 30.9 Å². The van der Waals surface area contributed by atoms with Crippen molar-refractivity contribution < 1.29 is 27.5 Å². The van der Waals surface area contributed by atoms with E-state index in [0.717, 1.165) is 43.3 Å². The van der Waals surface area contributed by atoms with Gasteiger partial charge >= 0.3 is 6.16 Å². The van der Waals surface area contributed by atoms with Crippen LogP contribution in [0.2, 0.25) is 0 Å². The van der Waals surface area contributed by atoms with E-state index >= 15 is 0 Å². The Morgan fingerprint density at radius 2 is 1.93 bits per heavy atom. The van der Waals surface area contributed by atoms with Crippen molar-refractivity contribution in [3.63, 3.8) is 0 Å². The number of anilines is 1. The molecule has 1 amide bonds. The van der Waals surface area contributed by atoms with E-state index < -0.39 is 21.9 Å². The lowest BCUT2D eigenvalue weighted by Crippen LogP contribution is -2.20. The Morgan fingerprint density at radius 1 is 1.21 bits per heavy atom. The lowest BCUT2D eigenvalue weighted by atomic mass is 9.90. The maximum absolute atomic E-state index is 12.6. The first-order valence-corrected chi connectivity index (χ1v) is 11.9. The van der Waals surface area contributed by atoms with Gasteiger partial charge < -0.3 is 9.47 Å². The molecule has 8 nitrogen and oxygen atoms in total. The van der Waals surface area contributed by atoms with Crippen molar-refractivity contribution in [3.8, 4) is 5.75 Å². The van der Waals surface area contributed by atoms with Crippen LogP contribution in [0.15, 0.2) is 34.7 Å². The van der Waals surface area contributed by atoms with Crippen molar-refractivity contribution in [3.05, 3.63) is 36.0 Å². The van der Waals surface area contributed by atoms with Gasteiger partial charge in [-0.1, -0.05) is 42.7 Å². The number of carbonyl (C=O) groups is 2. The predicted molar refractivity (Wildman–Crippen MR) is 108 cm³/mol. The van der Waals surface area contributed by atoms with Crippen LogP contribution < -0.4 is 10.1 Å². The summed E-state index contributed by atoms with van der Waals surface area (Å²) in [6, 6.07) is 6.23. The zero-order chi connectivity index (χ0) is 20.9. The van der Waals surface area contributed by atoms with E-state index in [4.69, 9.17) is 9.47 Å². The molecule has 0 atom stereocenters.